The molecule has 5 nitrogen and oxygen atoms in total. The maximum Gasteiger partial charge on any atom is 0.238 e. The number of benzene rings is 2. The Morgan fingerprint density at radius 3 is 2.29 bits per heavy atom. The fourth-order valence-electron chi connectivity index (χ4n) is 2.53. The van der Waals surface area contributed by atoms with E-state index in [4.69, 9.17) is 0 Å². The van der Waals surface area contributed by atoms with Gasteiger partial charge in [0.2, 0.25) is 11.8 Å². The summed E-state index contributed by atoms with van der Waals surface area (Å²) >= 11 is 0. The van der Waals surface area contributed by atoms with Gasteiger partial charge < -0.3 is 10.6 Å². The highest BCUT2D eigenvalue weighted by molar-refractivity contribution is 6.02. The van der Waals surface area contributed by atoms with Crippen LogP contribution in [0.5, 0.6) is 0 Å². The Morgan fingerprint density at radius 1 is 0.958 bits per heavy atom. The Balaban J connectivity index is 1.94. The van der Waals surface area contributed by atoms with Gasteiger partial charge in [-0.3, -0.25) is 14.5 Å². The SMILES string of the molecule is CN(CC(=O)Nc1cccc2ccccc12)CC(=O)NC(C)(C)C. The summed E-state index contributed by atoms with van der Waals surface area (Å²) in [4.78, 5) is 25.8. The van der Waals surface area contributed by atoms with Gasteiger partial charge in [0.1, 0.15) is 0 Å². The number of rotatable bonds is 5. The summed E-state index contributed by atoms with van der Waals surface area (Å²) < 4.78 is 0. The molecule has 0 aliphatic rings. The number of carbonyl (C=O) groups excluding carboxylic acids is 2. The summed E-state index contributed by atoms with van der Waals surface area (Å²) in [5.41, 5.74) is 0.508. The molecule has 0 spiro atoms. The van der Waals surface area contributed by atoms with E-state index >= 15 is 0 Å². The molecule has 128 valence electrons. The number of amides is 2. The summed E-state index contributed by atoms with van der Waals surface area (Å²) in [5.74, 6) is -0.236. The Bertz CT molecular complexity index is 729. The zero-order chi connectivity index (χ0) is 17.7. The summed E-state index contributed by atoms with van der Waals surface area (Å²) in [7, 11) is 1.75. The van der Waals surface area contributed by atoms with Crippen LogP contribution in [-0.2, 0) is 9.59 Å². The first-order valence-electron chi connectivity index (χ1n) is 8.02. The minimum absolute atomic E-state index is 0.0945. The monoisotopic (exact) mass is 327 g/mol. The predicted molar refractivity (Wildman–Crippen MR) is 98.0 cm³/mol. The van der Waals surface area contributed by atoms with E-state index in [0.717, 1.165) is 16.5 Å². The molecule has 0 heterocycles. The van der Waals surface area contributed by atoms with E-state index in [-0.39, 0.29) is 30.4 Å². The maximum atomic E-state index is 12.2. The van der Waals surface area contributed by atoms with E-state index in [1.54, 1.807) is 11.9 Å². The van der Waals surface area contributed by atoms with Crippen LogP contribution < -0.4 is 10.6 Å². The summed E-state index contributed by atoms with van der Waals surface area (Å²) in [6, 6.07) is 13.7. The molecule has 0 unspecified atom stereocenters. The molecule has 0 aliphatic heterocycles. The molecule has 0 aromatic heterocycles. The van der Waals surface area contributed by atoms with Crippen LogP contribution in [0.25, 0.3) is 10.8 Å². The van der Waals surface area contributed by atoms with Crippen molar-refractivity contribution < 1.29 is 9.59 Å². The first-order valence-corrected chi connectivity index (χ1v) is 8.02. The quantitative estimate of drug-likeness (QED) is 0.887. The molecule has 2 amide bonds. The van der Waals surface area contributed by atoms with Crippen LogP contribution >= 0.6 is 0 Å². The lowest BCUT2D eigenvalue weighted by atomic mass is 10.1. The van der Waals surface area contributed by atoms with Gasteiger partial charge in [-0.15, -0.1) is 0 Å². The molecular formula is C19H25N3O2. The maximum absolute atomic E-state index is 12.2. The van der Waals surface area contributed by atoms with Gasteiger partial charge in [0.15, 0.2) is 0 Å². The van der Waals surface area contributed by atoms with Crippen molar-refractivity contribution in [1.29, 1.82) is 0 Å². The Labute approximate surface area is 143 Å². The van der Waals surface area contributed by atoms with Gasteiger partial charge in [0.25, 0.3) is 0 Å². The van der Waals surface area contributed by atoms with Crippen molar-refractivity contribution in [1.82, 2.24) is 10.2 Å². The predicted octanol–water partition coefficient (Wildman–Crippen LogP) is 2.62. The van der Waals surface area contributed by atoms with E-state index in [1.807, 2.05) is 63.2 Å². The number of likely N-dealkylation sites (N-methyl/N-ethyl adjacent to an activating group) is 1. The zero-order valence-electron chi connectivity index (χ0n) is 14.7. The first kappa shape index (κ1) is 17.9. The number of hydrogen-bond acceptors (Lipinski definition) is 3. The number of anilines is 1. The Hall–Kier alpha value is -2.40. The number of nitrogens with zero attached hydrogens (tertiary/aromatic N) is 1. The number of hydrogen-bond donors (Lipinski definition) is 2. The van der Waals surface area contributed by atoms with Crippen LogP contribution in [0.4, 0.5) is 5.69 Å². The molecular weight excluding hydrogens is 302 g/mol. The van der Waals surface area contributed by atoms with Crippen molar-refractivity contribution in [2.24, 2.45) is 0 Å². The number of nitrogens with one attached hydrogen (secondary N) is 2. The van der Waals surface area contributed by atoms with Gasteiger partial charge in [-0.05, 0) is 39.3 Å². The first-order chi connectivity index (χ1) is 11.2. The topological polar surface area (TPSA) is 61.4 Å². The molecule has 2 aromatic carbocycles. The average molecular weight is 327 g/mol. The summed E-state index contributed by atoms with van der Waals surface area (Å²) in [6.07, 6.45) is 0. The molecule has 24 heavy (non-hydrogen) atoms. The lowest BCUT2D eigenvalue weighted by molar-refractivity contribution is -0.124. The highest BCUT2D eigenvalue weighted by atomic mass is 16.2. The van der Waals surface area contributed by atoms with Gasteiger partial charge in [-0.2, -0.15) is 0 Å². The molecule has 2 rings (SSSR count). The van der Waals surface area contributed by atoms with Crippen LogP contribution in [-0.4, -0.2) is 42.4 Å². The molecule has 0 aliphatic carbocycles. The lowest BCUT2D eigenvalue weighted by Crippen LogP contribution is -2.46. The molecule has 0 saturated heterocycles. The lowest BCUT2D eigenvalue weighted by Gasteiger charge is -2.23. The molecule has 0 bridgehead atoms. The highest BCUT2D eigenvalue weighted by Crippen LogP contribution is 2.22. The molecule has 0 saturated carbocycles. The highest BCUT2D eigenvalue weighted by Gasteiger charge is 2.16. The number of carbonyl (C=O) groups is 2. The van der Waals surface area contributed by atoms with E-state index < -0.39 is 0 Å². The minimum atomic E-state index is -0.275. The normalized spacial score (nSPS) is 11.5. The molecule has 2 aromatic rings. The van der Waals surface area contributed by atoms with Gasteiger partial charge in [-0.1, -0.05) is 36.4 Å². The standard InChI is InChI=1S/C19H25N3O2/c1-19(2,3)21-18(24)13-22(4)12-17(23)20-16-11-7-9-14-8-5-6-10-15(14)16/h5-11H,12-13H2,1-4H3,(H,20,23)(H,21,24). The van der Waals surface area contributed by atoms with Gasteiger partial charge in [-0.25, -0.2) is 0 Å². The Morgan fingerprint density at radius 2 is 1.58 bits per heavy atom. The average Bonchev–Trinajstić information content (AvgIpc) is 2.45. The van der Waals surface area contributed by atoms with E-state index in [0.29, 0.717) is 0 Å². The fraction of sp³-hybridized carbons (Fsp3) is 0.368. The van der Waals surface area contributed by atoms with Crippen LogP contribution in [0.3, 0.4) is 0 Å². The van der Waals surface area contributed by atoms with Crippen molar-refractivity contribution in [2.75, 3.05) is 25.5 Å². The van der Waals surface area contributed by atoms with Crippen LogP contribution in [0.15, 0.2) is 42.5 Å². The van der Waals surface area contributed by atoms with Crippen molar-refractivity contribution in [3.8, 4) is 0 Å². The summed E-state index contributed by atoms with van der Waals surface area (Å²) in [5, 5.41) is 7.89. The van der Waals surface area contributed by atoms with E-state index in [2.05, 4.69) is 10.6 Å². The second-order valence-corrected chi connectivity index (χ2v) is 7.05. The number of fused-ring (bicyclic) bond motifs is 1. The van der Waals surface area contributed by atoms with Crippen LogP contribution in [0.1, 0.15) is 20.8 Å². The largest absolute Gasteiger partial charge is 0.350 e. The zero-order valence-corrected chi connectivity index (χ0v) is 14.7. The van der Waals surface area contributed by atoms with Crippen molar-refractivity contribution in [3.05, 3.63) is 42.5 Å². The second-order valence-electron chi connectivity index (χ2n) is 7.05. The van der Waals surface area contributed by atoms with E-state index in [1.165, 1.54) is 0 Å². The van der Waals surface area contributed by atoms with E-state index in [9.17, 15) is 9.59 Å². The third-order valence-electron chi connectivity index (χ3n) is 3.41. The molecule has 5 heteroatoms. The molecule has 0 fully saturated rings. The van der Waals surface area contributed by atoms with Gasteiger partial charge in [0.05, 0.1) is 13.1 Å². The van der Waals surface area contributed by atoms with Crippen LogP contribution in [0, 0.1) is 0 Å². The Kier molecular flexibility index (Phi) is 5.57. The fourth-order valence-corrected chi connectivity index (χ4v) is 2.53. The second kappa shape index (κ2) is 7.45. The van der Waals surface area contributed by atoms with Crippen molar-refractivity contribution >= 4 is 28.3 Å². The smallest absolute Gasteiger partial charge is 0.238 e. The van der Waals surface area contributed by atoms with Gasteiger partial charge >= 0.3 is 0 Å². The summed E-state index contributed by atoms with van der Waals surface area (Å²) in [6.45, 7) is 6.12. The molecule has 0 atom stereocenters. The van der Waals surface area contributed by atoms with Crippen molar-refractivity contribution in [3.63, 3.8) is 0 Å². The third-order valence-corrected chi connectivity index (χ3v) is 3.41. The molecule has 2 N–H and O–H groups in total. The molecule has 0 radical (unpaired) electrons. The minimum Gasteiger partial charge on any atom is -0.350 e. The third kappa shape index (κ3) is 5.35. The van der Waals surface area contributed by atoms with Crippen molar-refractivity contribution in [2.45, 2.75) is 26.3 Å². The van der Waals surface area contributed by atoms with Crippen LogP contribution in [0.2, 0.25) is 0 Å². The van der Waals surface area contributed by atoms with Gasteiger partial charge in [0, 0.05) is 16.6 Å².